The molecule has 9 heteroatoms. The molecule has 8 nitrogen and oxygen atoms in total. The molecular weight excluding hydrogens is 1280 g/mol. The number of hydrogen-bond donors (Lipinski definition) is 0. The number of aromatic nitrogens is 6. The van der Waals surface area contributed by atoms with Crippen LogP contribution in [-0.4, -0.2) is 47.8 Å². The Balaban J connectivity index is 0.000000146. The molecule has 0 N–H and O–H groups in total. The summed E-state index contributed by atoms with van der Waals surface area (Å²) in [6.07, 6.45) is 0. The van der Waals surface area contributed by atoms with Crippen molar-refractivity contribution in [2.45, 2.75) is 44.8 Å². The first-order valence-corrected chi connectivity index (χ1v) is 36.0. The molecule has 0 bridgehead atoms. The van der Waals surface area contributed by atoms with Gasteiger partial charge in [-0.25, -0.2) is 24.9 Å². The van der Waals surface area contributed by atoms with E-state index in [0.29, 0.717) is 17.5 Å². The van der Waals surface area contributed by atoms with Crippen LogP contribution in [0.15, 0.2) is 340 Å². The highest BCUT2D eigenvalue weighted by atomic mass is 16.7. The molecule has 2 aliphatic rings. The van der Waals surface area contributed by atoms with E-state index in [9.17, 15) is 0 Å². The lowest BCUT2D eigenvalue weighted by atomic mass is 9.78. The Morgan fingerprint density at radius 2 is 0.667 bits per heavy atom. The van der Waals surface area contributed by atoms with Crippen molar-refractivity contribution in [3.05, 3.63) is 356 Å². The number of pyridine rings is 2. The van der Waals surface area contributed by atoms with Crippen molar-refractivity contribution in [2.24, 2.45) is 0 Å². The van der Waals surface area contributed by atoms with Gasteiger partial charge in [-0.1, -0.05) is 303 Å². The summed E-state index contributed by atoms with van der Waals surface area (Å²) >= 11 is 0. The third kappa shape index (κ3) is 11.1. The van der Waals surface area contributed by atoms with Gasteiger partial charge in [0.1, 0.15) is 0 Å². The average Bonchev–Trinajstić information content (AvgIpc) is 1.73. The molecule has 1 fully saturated rings. The predicted octanol–water partition coefficient (Wildman–Crippen LogP) is 23.2. The van der Waals surface area contributed by atoms with Gasteiger partial charge < -0.3 is 13.9 Å². The SMILES string of the molecule is CC1(C)OB(c2ccc(-c3nc4ccccc4c4c(-c5cccc(-n6c7ccccc7c7ccccc76)c5)cccc34)cc2)OC1(C)C.c1ccc(-c2nc(-c3ccccc3)nc(-c3ccc(-c4nc5ccccc5c5c(-c6cccc(C7c8ccccc8-c8ccccc87)c6)cccc45)cc3)n2)cc1. The zero-order valence-corrected chi connectivity index (χ0v) is 58.5. The van der Waals surface area contributed by atoms with Crippen LogP contribution in [0.5, 0.6) is 0 Å². The zero-order valence-electron chi connectivity index (χ0n) is 58.5. The van der Waals surface area contributed by atoms with Crippen molar-refractivity contribution in [2.75, 3.05) is 0 Å². The van der Waals surface area contributed by atoms with E-state index in [1.807, 2.05) is 60.7 Å². The van der Waals surface area contributed by atoms with Crippen LogP contribution in [0.2, 0.25) is 0 Å². The smallest absolute Gasteiger partial charge is 0.399 e. The van der Waals surface area contributed by atoms with E-state index in [1.165, 1.54) is 82.6 Å². The fourth-order valence-electron chi connectivity index (χ4n) is 15.8. The molecule has 0 radical (unpaired) electrons. The van der Waals surface area contributed by atoms with Crippen molar-refractivity contribution >= 4 is 77.7 Å². The fourth-order valence-corrected chi connectivity index (χ4v) is 15.8. The number of fused-ring (bicyclic) bond motifs is 12. The monoisotopic (exact) mass is 1350 g/mol. The summed E-state index contributed by atoms with van der Waals surface area (Å²) in [5.74, 6) is 2.09. The second-order valence-corrected chi connectivity index (χ2v) is 28.4. The fraction of sp³-hybridized carbons (Fsp3) is 0.0729. The first-order valence-electron chi connectivity index (χ1n) is 36.0. The normalized spacial score (nSPS) is 13.7. The Morgan fingerprint density at radius 1 is 0.295 bits per heavy atom. The van der Waals surface area contributed by atoms with E-state index in [4.69, 9.17) is 34.2 Å². The van der Waals surface area contributed by atoms with E-state index in [0.717, 1.165) is 82.9 Å². The summed E-state index contributed by atoms with van der Waals surface area (Å²) in [5.41, 5.74) is 23.9. The van der Waals surface area contributed by atoms with Crippen molar-refractivity contribution in [1.82, 2.24) is 29.5 Å². The van der Waals surface area contributed by atoms with Gasteiger partial charge in [-0.2, -0.15) is 0 Å². The van der Waals surface area contributed by atoms with E-state index < -0.39 is 7.12 Å². The quantitative estimate of drug-likeness (QED) is 0.0996. The van der Waals surface area contributed by atoms with Gasteiger partial charge in [-0.15, -0.1) is 0 Å². The largest absolute Gasteiger partial charge is 0.494 e. The molecule has 0 spiro atoms. The van der Waals surface area contributed by atoms with Gasteiger partial charge in [-0.3, -0.25) is 0 Å². The zero-order chi connectivity index (χ0) is 70.3. The highest BCUT2D eigenvalue weighted by molar-refractivity contribution is 6.62. The van der Waals surface area contributed by atoms with Gasteiger partial charge in [0, 0.05) is 82.5 Å². The van der Waals surface area contributed by atoms with E-state index in [2.05, 4.69) is 311 Å². The van der Waals surface area contributed by atoms with E-state index in [1.54, 1.807) is 0 Å². The van der Waals surface area contributed by atoms with Crippen LogP contribution < -0.4 is 5.46 Å². The van der Waals surface area contributed by atoms with Gasteiger partial charge in [-0.05, 0) is 120 Å². The second-order valence-electron chi connectivity index (χ2n) is 28.4. The average molecular weight is 1350 g/mol. The van der Waals surface area contributed by atoms with Crippen molar-refractivity contribution in [1.29, 1.82) is 0 Å². The van der Waals surface area contributed by atoms with E-state index in [-0.39, 0.29) is 17.1 Å². The molecule has 1 aliphatic carbocycles. The molecule has 20 rings (SSSR count). The summed E-state index contributed by atoms with van der Waals surface area (Å²) in [6, 6.07) is 120. The Labute approximate surface area is 609 Å². The van der Waals surface area contributed by atoms with Gasteiger partial charge in [0.05, 0.1) is 44.7 Å². The summed E-state index contributed by atoms with van der Waals surface area (Å²) in [5, 5.41) is 9.43. The minimum atomic E-state index is -0.404. The maximum Gasteiger partial charge on any atom is 0.494 e. The van der Waals surface area contributed by atoms with Crippen molar-refractivity contribution in [3.8, 4) is 95.7 Å². The van der Waals surface area contributed by atoms with Crippen LogP contribution in [0.4, 0.5) is 0 Å². The van der Waals surface area contributed by atoms with Crippen LogP contribution >= 0.6 is 0 Å². The number of nitrogens with zero attached hydrogens (tertiary/aromatic N) is 6. The van der Waals surface area contributed by atoms with Gasteiger partial charge in [0.2, 0.25) is 0 Å². The molecule has 0 atom stereocenters. The summed E-state index contributed by atoms with van der Waals surface area (Å²) in [7, 11) is -0.404. The van der Waals surface area contributed by atoms with Crippen molar-refractivity contribution < 1.29 is 9.31 Å². The number of rotatable bonds is 10. The minimum Gasteiger partial charge on any atom is -0.399 e. The Bertz CT molecular complexity index is 6260. The maximum atomic E-state index is 6.33. The first-order chi connectivity index (χ1) is 51.6. The maximum absolute atomic E-state index is 6.33. The van der Waals surface area contributed by atoms with E-state index >= 15 is 0 Å². The lowest BCUT2D eigenvalue weighted by Crippen LogP contribution is -2.41. The number of benzene rings is 14. The highest BCUT2D eigenvalue weighted by Crippen LogP contribution is 2.50. The molecule has 0 amide bonds. The third-order valence-electron chi connectivity index (χ3n) is 21.6. The molecule has 5 heterocycles. The first kappa shape index (κ1) is 63.2. The molecule has 0 saturated carbocycles. The summed E-state index contributed by atoms with van der Waals surface area (Å²) in [6.45, 7) is 8.34. The lowest BCUT2D eigenvalue weighted by Gasteiger charge is -2.32. The van der Waals surface area contributed by atoms with Gasteiger partial charge in [0.15, 0.2) is 17.5 Å². The standard InChI is InChI=1S/C53H34N4.C43H35BN2O2/c1-3-15-35(16-4-1)51-55-52(36-17-5-2-6-18-36)57-53(56-51)37-31-29-34(30-32-37)50-46-27-14-26-40(49(46)45-25-11-12-28-47(45)54-50)38-19-13-20-39(33-38)48-43-23-9-7-21-41(43)42-22-8-10-24-44(42)48;1-42(2)43(3,4)48-44(47-42)30-25-23-28(24-26-30)41-36-19-12-18-32(40(36)35-17-5-8-20-37(35)45-41)29-13-11-14-31(27-29)46-38-21-9-6-15-33(38)34-16-7-10-22-39(34)46/h1-33,48H;5-27H,1-4H3. The van der Waals surface area contributed by atoms with Crippen LogP contribution in [0.25, 0.3) is 161 Å². The highest BCUT2D eigenvalue weighted by Gasteiger charge is 2.51. The van der Waals surface area contributed by atoms with Gasteiger partial charge >= 0.3 is 7.12 Å². The lowest BCUT2D eigenvalue weighted by molar-refractivity contribution is 0.00578. The van der Waals surface area contributed by atoms with Crippen LogP contribution in [-0.2, 0) is 9.31 Å². The Morgan fingerprint density at radius 3 is 1.18 bits per heavy atom. The van der Waals surface area contributed by atoms with Gasteiger partial charge in [0.25, 0.3) is 0 Å². The third-order valence-corrected chi connectivity index (χ3v) is 21.6. The molecule has 1 saturated heterocycles. The Kier molecular flexibility index (Phi) is 15.4. The van der Waals surface area contributed by atoms with Crippen LogP contribution in [0, 0.1) is 0 Å². The Hall–Kier alpha value is -12.8. The molecule has 105 heavy (non-hydrogen) atoms. The summed E-state index contributed by atoms with van der Waals surface area (Å²) < 4.78 is 15.0. The van der Waals surface area contributed by atoms with Crippen molar-refractivity contribution in [3.63, 3.8) is 0 Å². The second kappa shape index (κ2) is 25.6. The molecule has 1 aliphatic heterocycles. The number of para-hydroxylation sites is 4. The molecular formula is C96H69BN6O2. The predicted molar refractivity (Wildman–Crippen MR) is 433 cm³/mol. The number of hydrogen-bond acceptors (Lipinski definition) is 7. The molecule has 18 aromatic rings. The molecule has 0 unspecified atom stereocenters. The molecule has 4 aromatic heterocycles. The van der Waals surface area contributed by atoms with Crippen LogP contribution in [0.1, 0.15) is 50.3 Å². The molecule has 498 valence electrons. The van der Waals surface area contributed by atoms with Crippen LogP contribution in [0.3, 0.4) is 0 Å². The minimum absolute atomic E-state index is 0.178. The summed E-state index contributed by atoms with van der Waals surface area (Å²) in [4.78, 5) is 25.3. The topological polar surface area (TPSA) is 87.8 Å². The molecule has 14 aromatic carbocycles.